The van der Waals surface area contributed by atoms with E-state index in [9.17, 15) is 65.1 Å². The third-order valence-corrected chi connectivity index (χ3v) is 17.6. The first-order chi connectivity index (χ1) is 31.3. The highest BCUT2D eigenvalue weighted by Gasteiger charge is 2.46. The summed E-state index contributed by atoms with van der Waals surface area (Å²) in [5.74, 6) is -1.16. The zero-order valence-electron chi connectivity index (χ0n) is 38.1. The summed E-state index contributed by atoms with van der Waals surface area (Å²) in [6.07, 6.45) is 9.21. The molecule has 4 N–H and O–H groups in total. The van der Waals surface area contributed by atoms with Gasteiger partial charge in [0.05, 0.1) is 26.7 Å². The highest BCUT2D eigenvalue weighted by Crippen LogP contribution is 2.52. The first-order valence-electron chi connectivity index (χ1n) is 21.2. The molecule has 368 valence electrons. The molecule has 0 spiro atoms. The molecule has 0 unspecified atom stereocenters. The van der Waals surface area contributed by atoms with Crippen molar-refractivity contribution < 1.29 is 69.7 Å². The van der Waals surface area contributed by atoms with Crippen molar-refractivity contribution >= 4 is 94.9 Å². The van der Waals surface area contributed by atoms with Gasteiger partial charge in [0.2, 0.25) is 15.7 Å². The van der Waals surface area contributed by atoms with Crippen LogP contribution >= 0.6 is 0 Å². The fourth-order valence-electron chi connectivity index (χ4n) is 9.31. The first kappa shape index (κ1) is 52.7. The van der Waals surface area contributed by atoms with Gasteiger partial charge in [-0.25, -0.2) is 12.7 Å². The van der Waals surface area contributed by atoms with E-state index in [0.29, 0.717) is 51.6 Å². The maximum Gasteiger partial charge on any atom is 0.295 e. The number of anilines is 1. The van der Waals surface area contributed by atoms with Crippen LogP contribution in [0.15, 0.2) is 105 Å². The molecular formula is C45H54N3O15S5+. The van der Waals surface area contributed by atoms with Crippen LogP contribution in [0.3, 0.4) is 0 Å². The van der Waals surface area contributed by atoms with E-state index in [2.05, 4.69) is 0 Å². The summed E-state index contributed by atoms with van der Waals surface area (Å²) < 4.78 is 167. The summed E-state index contributed by atoms with van der Waals surface area (Å²) in [6.45, 7) is 9.18. The van der Waals surface area contributed by atoms with Gasteiger partial charge in [-0.3, -0.25) is 18.2 Å². The molecular weight excluding hydrogens is 983 g/mol. The summed E-state index contributed by atoms with van der Waals surface area (Å²) in [5, 5.41) is 1.14. The lowest BCUT2D eigenvalue weighted by molar-refractivity contribution is -0.437. The minimum atomic E-state index is -5.02. The SMILES string of the molecule is CC(=O)CCCN(C)S(=O)(=O)c1cccc2c3c(ccc12)N(CCCS(=O)(=O)O)C(=CC=CC=CC1=[N+](CCCS(=O)(=O)O)c2ccc4c(S(=O)(=O)O)cc(S(=O)(=O)O)cc4c2C1(C)C)C3(C)C. The predicted molar refractivity (Wildman–Crippen MR) is 259 cm³/mol. The van der Waals surface area contributed by atoms with Gasteiger partial charge < -0.3 is 9.69 Å². The summed E-state index contributed by atoms with van der Waals surface area (Å²) in [4.78, 5) is 12.0. The van der Waals surface area contributed by atoms with Crippen molar-refractivity contribution in [3.63, 3.8) is 0 Å². The molecule has 23 heteroatoms. The van der Waals surface area contributed by atoms with Crippen molar-refractivity contribution in [2.45, 2.75) is 85.8 Å². The molecule has 68 heavy (non-hydrogen) atoms. The molecule has 4 aromatic carbocycles. The van der Waals surface area contributed by atoms with E-state index in [1.54, 1.807) is 67.0 Å². The molecule has 0 saturated carbocycles. The van der Waals surface area contributed by atoms with Gasteiger partial charge in [0.25, 0.3) is 40.5 Å². The second kappa shape index (κ2) is 18.9. The third kappa shape index (κ3) is 10.9. The number of hydrogen-bond acceptors (Lipinski definition) is 12. The second-order valence-corrected chi connectivity index (χ2v) is 25.9. The van der Waals surface area contributed by atoms with Gasteiger partial charge in [0.15, 0.2) is 5.71 Å². The fourth-order valence-corrected chi connectivity index (χ4v) is 13.0. The maximum absolute atomic E-state index is 13.9. The number of ketones is 1. The molecule has 0 aliphatic carbocycles. The number of carbonyl (C=O) groups is 1. The molecule has 2 heterocycles. The smallest absolute Gasteiger partial charge is 0.295 e. The molecule has 0 fully saturated rings. The number of rotatable bonds is 19. The lowest BCUT2D eigenvalue weighted by Crippen LogP contribution is -2.28. The van der Waals surface area contributed by atoms with Crippen molar-refractivity contribution in [2.75, 3.05) is 43.1 Å². The molecule has 0 amide bonds. The number of Topliss-reactive ketones (excluding diaryl/α,β-unsaturated/α-hetero) is 1. The Labute approximate surface area is 397 Å². The highest BCUT2D eigenvalue weighted by atomic mass is 32.2. The Balaban J connectivity index is 1.44. The average Bonchev–Trinajstić information content (AvgIpc) is 3.56. The van der Waals surface area contributed by atoms with Crippen LogP contribution in [0.5, 0.6) is 0 Å². The lowest BCUT2D eigenvalue weighted by Gasteiger charge is -2.27. The van der Waals surface area contributed by atoms with Gasteiger partial charge >= 0.3 is 0 Å². The second-order valence-electron chi connectivity index (χ2n) is 17.9. The Kier molecular flexibility index (Phi) is 14.6. The molecule has 0 bridgehead atoms. The van der Waals surface area contributed by atoms with Crippen molar-refractivity contribution in [1.29, 1.82) is 0 Å². The Bertz CT molecular complexity index is 3450. The summed E-state index contributed by atoms with van der Waals surface area (Å²) >= 11 is 0. The molecule has 0 aromatic heterocycles. The fraction of sp³-hybridized carbons (Fsp3) is 0.378. The zero-order valence-corrected chi connectivity index (χ0v) is 42.2. The quantitative estimate of drug-likeness (QED) is 0.0462. The van der Waals surface area contributed by atoms with Crippen LogP contribution in [0.4, 0.5) is 11.4 Å². The standard InChI is InChI=1S/C45H53N3O15S5/c1-30(49)14-11-23-46(6)66(56,57)38-16-10-15-34-32(38)19-21-36-42(34)44(2,3)40(47(36)24-12-26-64(50,51)52)17-8-7-9-18-41-45(4,5)43-35-28-31(67(58,59)60)29-39(68(61,62)63)33(35)20-22-37(43)48(41)25-13-27-65(53,54)55/h7-10,15-22,28-29H,11-14,23-27H2,1-6H3,(H3-,50,51,52,53,54,55,58,59,60,61,62,63)/p+1. The van der Waals surface area contributed by atoms with Crippen molar-refractivity contribution in [3.8, 4) is 0 Å². The average molecular weight is 1040 g/mol. The number of hydrogen-bond donors (Lipinski definition) is 4. The van der Waals surface area contributed by atoms with Crippen molar-refractivity contribution in [3.05, 3.63) is 102 Å². The van der Waals surface area contributed by atoms with Gasteiger partial charge in [-0.05, 0) is 86.4 Å². The highest BCUT2D eigenvalue weighted by molar-refractivity contribution is 7.89. The van der Waals surface area contributed by atoms with Gasteiger partial charge in [-0.2, -0.15) is 38.2 Å². The third-order valence-electron chi connectivity index (χ3n) is 12.3. The van der Waals surface area contributed by atoms with Gasteiger partial charge in [-0.1, -0.05) is 50.3 Å². The summed E-state index contributed by atoms with van der Waals surface area (Å²) in [7, 11) is -21.2. The first-order valence-corrected chi connectivity index (χ1v) is 28.8. The number of sulfonamides is 1. The van der Waals surface area contributed by atoms with E-state index < -0.39 is 82.6 Å². The number of fused-ring (bicyclic) bond motifs is 6. The minimum Gasteiger partial charge on any atom is -0.344 e. The van der Waals surface area contributed by atoms with Crippen molar-refractivity contribution in [2.24, 2.45) is 0 Å². The maximum atomic E-state index is 13.9. The van der Waals surface area contributed by atoms with E-state index in [0.717, 1.165) is 11.6 Å². The van der Waals surface area contributed by atoms with Crippen LogP contribution in [-0.4, -0.2) is 119 Å². The van der Waals surface area contributed by atoms with Crippen LogP contribution in [0.25, 0.3) is 21.5 Å². The van der Waals surface area contributed by atoms with E-state index in [-0.39, 0.29) is 60.3 Å². The Morgan fingerprint density at radius 2 is 1.32 bits per heavy atom. The monoisotopic (exact) mass is 1040 g/mol. The zero-order chi connectivity index (χ0) is 50.6. The van der Waals surface area contributed by atoms with E-state index in [4.69, 9.17) is 0 Å². The van der Waals surface area contributed by atoms with Crippen LogP contribution < -0.4 is 4.90 Å². The van der Waals surface area contributed by atoms with Crippen LogP contribution in [0.1, 0.15) is 71.4 Å². The Morgan fingerprint density at radius 1 is 0.691 bits per heavy atom. The molecule has 0 radical (unpaired) electrons. The number of allylic oxidation sites excluding steroid dienone is 6. The normalized spacial score (nSPS) is 17.2. The minimum absolute atomic E-state index is 0.0242. The molecule has 2 aliphatic rings. The predicted octanol–water partition coefficient (Wildman–Crippen LogP) is 6.20. The molecule has 4 aromatic rings. The van der Waals surface area contributed by atoms with Gasteiger partial charge in [0.1, 0.15) is 17.2 Å². The summed E-state index contributed by atoms with van der Waals surface area (Å²) in [5.41, 5.74) is 1.67. The Hall–Kier alpha value is -4.69. The van der Waals surface area contributed by atoms with Crippen LogP contribution in [0.2, 0.25) is 0 Å². The largest absolute Gasteiger partial charge is 0.344 e. The molecule has 2 aliphatic heterocycles. The molecule has 18 nitrogen and oxygen atoms in total. The number of carbonyl (C=O) groups excluding carboxylic acids is 1. The number of nitrogens with zero attached hydrogens (tertiary/aromatic N) is 3. The topological polar surface area (TPSA) is 278 Å². The summed E-state index contributed by atoms with van der Waals surface area (Å²) in [6, 6.07) is 13.1. The van der Waals surface area contributed by atoms with Crippen molar-refractivity contribution in [1.82, 2.24) is 4.31 Å². The molecule has 6 rings (SSSR count). The van der Waals surface area contributed by atoms with Gasteiger partial charge in [-0.15, -0.1) is 0 Å². The molecule has 0 saturated heterocycles. The molecule has 0 atom stereocenters. The van der Waals surface area contributed by atoms with Gasteiger partial charge in [0, 0.05) is 78.3 Å². The van der Waals surface area contributed by atoms with E-state index in [1.165, 1.54) is 30.4 Å². The number of benzene rings is 4. The lowest BCUT2D eigenvalue weighted by atomic mass is 9.79. The van der Waals surface area contributed by atoms with Crippen LogP contribution in [0, 0.1) is 0 Å². The van der Waals surface area contributed by atoms with Crippen LogP contribution in [-0.2, 0) is 66.1 Å². The Morgan fingerprint density at radius 3 is 1.94 bits per heavy atom. The van der Waals surface area contributed by atoms with E-state index in [1.807, 2.05) is 30.9 Å². The van der Waals surface area contributed by atoms with E-state index >= 15 is 0 Å².